The highest BCUT2D eigenvalue weighted by Gasteiger charge is 2.12. The van der Waals surface area contributed by atoms with E-state index in [4.69, 9.17) is 10.6 Å². The minimum Gasteiger partial charge on any atom is -0.494 e. The summed E-state index contributed by atoms with van der Waals surface area (Å²) in [6.07, 6.45) is 1.76. The lowest BCUT2D eigenvalue weighted by atomic mass is 10.0. The van der Waals surface area contributed by atoms with Crippen molar-refractivity contribution in [2.75, 3.05) is 6.61 Å². The van der Waals surface area contributed by atoms with Gasteiger partial charge in [0.15, 0.2) is 0 Å². The van der Waals surface area contributed by atoms with E-state index in [0.29, 0.717) is 6.61 Å². The summed E-state index contributed by atoms with van der Waals surface area (Å²) in [5.41, 5.74) is 4.73. The van der Waals surface area contributed by atoms with Crippen molar-refractivity contribution in [3.63, 3.8) is 0 Å². The van der Waals surface area contributed by atoms with Crippen molar-refractivity contribution in [1.82, 2.24) is 10.4 Å². The number of hydrogen-bond donors (Lipinski definition) is 2. The van der Waals surface area contributed by atoms with E-state index >= 15 is 0 Å². The van der Waals surface area contributed by atoms with E-state index in [9.17, 15) is 0 Å². The molecule has 1 aromatic carbocycles. The molecule has 0 spiro atoms. The SMILES string of the molecule is CCOc1ccc(C(NN)c2ccccn2)cc1. The largest absolute Gasteiger partial charge is 0.494 e. The minimum absolute atomic E-state index is 0.109. The maximum absolute atomic E-state index is 5.61. The van der Waals surface area contributed by atoms with Gasteiger partial charge in [0.1, 0.15) is 5.75 Å². The van der Waals surface area contributed by atoms with Crippen LogP contribution < -0.4 is 16.0 Å². The van der Waals surface area contributed by atoms with E-state index in [1.165, 1.54) is 0 Å². The first-order valence-corrected chi connectivity index (χ1v) is 5.95. The van der Waals surface area contributed by atoms with Crippen molar-refractivity contribution < 1.29 is 4.74 Å². The predicted molar refractivity (Wildman–Crippen MR) is 71.0 cm³/mol. The average Bonchev–Trinajstić information content (AvgIpc) is 2.43. The van der Waals surface area contributed by atoms with Crippen LogP contribution in [-0.4, -0.2) is 11.6 Å². The van der Waals surface area contributed by atoms with Gasteiger partial charge in [-0.1, -0.05) is 18.2 Å². The molecule has 3 N–H and O–H groups in total. The Balaban J connectivity index is 2.23. The van der Waals surface area contributed by atoms with Gasteiger partial charge in [-0.25, -0.2) is 5.43 Å². The van der Waals surface area contributed by atoms with Crippen molar-refractivity contribution in [2.24, 2.45) is 5.84 Å². The van der Waals surface area contributed by atoms with Crippen LogP contribution in [0.3, 0.4) is 0 Å². The zero-order chi connectivity index (χ0) is 12.8. The van der Waals surface area contributed by atoms with Crippen molar-refractivity contribution >= 4 is 0 Å². The molecule has 0 aliphatic carbocycles. The Kier molecular flexibility index (Phi) is 4.28. The summed E-state index contributed by atoms with van der Waals surface area (Å²) in [6.45, 7) is 2.63. The molecule has 0 bridgehead atoms. The third kappa shape index (κ3) is 2.85. The second-order valence-corrected chi connectivity index (χ2v) is 3.86. The Bertz CT molecular complexity index is 470. The number of aromatic nitrogens is 1. The van der Waals surface area contributed by atoms with Crippen LogP contribution in [0.1, 0.15) is 24.2 Å². The van der Waals surface area contributed by atoms with E-state index in [0.717, 1.165) is 17.0 Å². The number of rotatable bonds is 5. The number of ether oxygens (including phenoxy) is 1. The number of nitrogens with zero attached hydrogens (tertiary/aromatic N) is 1. The van der Waals surface area contributed by atoms with E-state index in [1.54, 1.807) is 6.20 Å². The normalized spacial score (nSPS) is 12.1. The zero-order valence-corrected chi connectivity index (χ0v) is 10.3. The van der Waals surface area contributed by atoms with Gasteiger partial charge in [-0.15, -0.1) is 0 Å². The van der Waals surface area contributed by atoms with Crippen LogP contribution in [-0.2, 0) is 0 Å². The number of hydrazine groups is 1. The molecule has 0 amide bonds. The average molecular weight is 243 g/mol. The van der Waals surface area contributed by atoms with Gasteiger partial charge in [-0.05, 0) is 36.8 Å². The number of pyridine rings is 1. The smallest absolute Gasteiger partial charge is 0.119 e. The fraction of sp³-hybridized carbons (Fsp3) is 0.214. The van der Waals surface area contributed by atoms with Crippen LogP contribution in [0.4, 0.5) is 0 Å². The molecule has 0 saturated heterocycles. The van der Waals surface area contributed by atoms with Crippen molar-refractivity contribution in [3.05, 3.63) is 59.9 Å². The molecule has 0 saturated carbocycles. The lowest BCUT2D eigenvalue weighted by molar-refractivity contribution is 0.340. The summed E-state index contributed by atoms with van der Waals surface area (Å²) < 4.78 is 5.41. The first kappa shape index (κ1) is 12.5. The van der Waals surface area contributed by atoms with Crippen LogP contribution in [0.5, 0.6) is 5.75 Å². The molecule has 0 fully saturated rings. The predicted octanol–water partition coefficient (Wildman–Crippen LogP) is 2.03. The lowest BCUT2D eigenvalue weighted by Gasteiger charge is -2.16. The minimum atomic E-state index is -0.109. The van der Waals surface area contributed by atoms with Gasteiger partial charge < -0.3 is 4.74 Å². The molecule has 1 heterocycles. The summed E-state index contributed by atoms with van der Waals surface area (Å²) in [6, 6.07) is 13.5. The standard InChI is InChI=1S/C14H17N3O/c1-2-18-12-8-6-11(7-9-12)14(17-15)13-5-3-4-10-16-13/h3-10,14,17H,2,15H2,1H3. The van der Waals surface area contributed by atoms with E-state index in [2.05, 4.69) is 10.4 Å². The number of hydrogen-bond acceptors (Lipinski definition) is 4. The number of nitrogens with one attached hydrogen (secondary N) is 1. The highest BCUT2D eigenvalue weighted by Crippen LogP contribution is 2.21. The van der Waals surface area contributed by atoms with Crippen LogP contribution in [0.25, 0.3) is 0 Å². The van der Waals surface area contributed by atoms with Gasteiger partial charge in [0, 0.05) is 6.20 Å². The highest BCUT2D eigenvalue weighted by molar-refractivity contribution is 5.33. The molecule has 0 aliphatic rings. The molecule has 4 nitrogen and oxygen atoms in total. The molecule has 1 unspecified atom stereocenters. The number of nitrogens with two attached hydrogens (primary N) is 1. The Morgan fingerprint density at radius 3 is 2.56 bits per heavy atom. The Morgan fingerprint density at radius 1 is 1.22 bits per heavy atom. The Labute approximate surface area is 107 Å². The van der Waals surface area contributed by atoms with Gasteiger partial charge in [0.2, 0.25) is 0 Å². The summed E-state index contributed by atoms with van der Waals surface area (Å²) in [4.78, 5) is 4.31. The number of benzene rings is 1. The fourth-order valence-electron chi connectivity index (χ4n) is 1.82. The highest BCUT2D eigenvalue weighted by atomic mass is 16.5. The first-order valence-electron chi connectivity index (χ1n) is 5.95. The van der Waals surface area contributed by atoms with Gasteiger partial charge in [0.25, 0.3) is 0 Å². The molecule has 2 aromatic rings. The molecule has 0 radical (unpaired) electrons. The molecule has 1 atom stereocenters. The first-order chi connectivity index (χ1) is 8.85. The maximum Gasteiger partial charge on any atom is 0.119 e. The monoisotopic (exact) mass is 243 g/mol. The van der Waals surface area contributed by atoms with Crippen LogP contribution >= 0.6 is 0 Å². The van der Waals surface area contributed by atoms with E-state index in [1.807, 2.05) is 49.4 Å². The van der Waals surface area contributed by atoms with E-state index in [-0.39, 0.29) is 6.04 Å². The molecule has 0 aliphatic heterocycles. The molecular weight excluding hydrogens is 226 g/mol. The molecule has 2 rings (SSSR count). The molecule has 18 heavy (non-hydrogen) atoms. The van der Waals surface area contributed by atoms with Gasteiger partial charge in [-0.2, -0.15) is 0 Å². The van der Waals surface area contributed by atoms with E-state index < -0.39 is 0 Å². The quantitative estimate of drug-likeness (QED) is 0.623. The molecule has 1 aromatic heterocycles. The third-order valence-electron chi connectivity index (χ3n) is 2.67. The second kappa shape index (κ2) is 6.14. The maximum atomic E-state index is 5.61. The second-order valence-electron chi connectivity index (χ2n) is 3.86. The van der Waals surface area contributed by atoms with Gasteiger partial charge in [-0.3, -0.25) is 10.8 Å². The summed E-state index contributed by atoms with van der Waals surface area (Å²) in [5, 5.41) is 0. The van der Waals surface area contributed by atoms with Gasteiger partial charge in [0.05, 0.1) is 18.3 Å². The van der Waals surface area contributed by atoms with Crippen molar-refractivity contribution in [1.29, 1.82) is 0 Å². The Morgan fingerprint density at radius 2 is 2.00 bits per heavy atom. The molecule has 4 heteroatoms. The van der Waals surface area contributed by atoms with Crippen LogP contribution in [0, 0.1) is 0 Å². The lowest BCUT2D eigenvalue weighted by Crippen LogP contribution is -2.29. The van der Waals surface area contributed by atoms with Crippen molar-refractivity contribution in [3.8, 4) is 5.75 Å². The van der Waals surface area contributed by atoms with Gasteiger partial charge >= 0.3 is 0 Å². The summed E-state index contributed by atoms with van der Waals surface area (Å²) in [5.74, 6) is 6.47. The topological polar surface area (TPSA) is 60.2 Å². The van der Waals surface area contributed by atoms with Crippen LogP contribution in [0.15, 0.2) is 48.7 Å². The Hall–Kier alpha value is -1.91. The summed E-state index contributed by atoms with van der Waals surface area (Å²) in [7, 11) is 0. The van der Waals surface area contributed by atoms with Crippen LogP contribution in [0.2, 0.25) is 0 Å². The summed E-state index contributed by atoms with van der Waals surface area (Å²) >= 11 is 0. The van der Waals surface area contributed by atoms with Crippen molar-refractivity contribution in [2.45, 2.75) is 13.0 Å². The molecular formula is C14H17N3O. The third-order valence-corrected chi connectivity index (χ3v) is 2.67. The molecule has 94 valence electrons. The zero-order valence-electron chi connectivity index (χ0n) is 10.3. The fourth-order valence-corrected chi connectivity index (χ4v) is 1.82.